The number of carbonyl (C=O) groups excluding carboxylic acids is 3. The Morgan fingerprint density at radius 3 is 1.83 bits per heavy atom. The Balaban J connectivity index is 3.38. The Kier molecular flexibility index (Phi) is 11.0. The Morgan fingerprint density at radius 2 is 1.46 bits per heavy atom. The number of nitrogens with zero attached hydrogens (tertiary/aromatic N) is 1. The van der Waals surface area contributed by atoms with Crippen molar-refractivity contribution in [2.45, 2.75) is 104 Å². The number of aliphatic imine (C=N–C) groups is 1. The number of guanidine groups is 1. The normalized spacial score (nSPS) is 23.3. The summed E-state index contributed by atoms with van der Waals surface area (Å²) in [5.41, 5.74) is 4.99. The highest BCUT2D eigenvalue weighted by Gasteiger charge is 2.50. The molecule has 5 atom stereocenters. The fraction of sp³-hybridized carbons (Fsp3) is 0.833. The zero-order valence-corrected chi connectivity index (χ0v) is 22.5. The second-order valence-electron chi connectivity index (χ2n) is 10.9. The molecule has 0 radical (unpaired) electrons. The van der Waals surface area contributed by atoms with Crippen LogP contribution in [0.25, 0.3) is 0 Å². The lowest BCUT2D eigenvalue weighted by molar-refractivity contribution is -0.149. The lowest BCUT2D eigenvalue weighted by Gasteiger charge is -2.32. The summed E-state index contributed by atoms with van der Waals surface area (Å²) in [7, 11) is 1.25. The number of aliphatic hydroxyl groups is 1. The average molecular weight is 501 g/mol. The van der Waals surface area contributed by atoms with Gasteiger partial charge in [0.05, 0.1) is 25.2 Å². The number of ether oxygens (including phenoxy) is 3. The maximum atomic E-state index is 12.5. The highest BCUT2D eigenvalue weighted by atomic mass is 16.6. The molecule has 0 spiro atoms. The van der Waals surface area contributed by atoms with E-state index in [-0.39, 0.29) is 18.3 Å². The van der Waals surface area contributed by atoms with Gasteiger partial charge in [-0.3, -0.25) is 15.4 Å². The summed E-state index contributed by atoms with van der Waals surface area (Å²) in [4.78, 5) is 41.8. The van der Waals surface area contributed by atoms with Crippen LogP contribution < -0.4 is 16.4 Å². The topological polar surface area (TPSA) is 162 Å². The molecule has 0 aromatic heterocycles. The van der Waals surface area contributed by atoms with E-state index in [0.717, 1.165) is 12.8 Å². The number of hydrogen-bond donors (Lipinski definition) is 4. The number of aliphatic hydroxyl groups excluding tert-OH is 1. The molecule has 0 aromatic rings. The molecule has 0 saturated heterocycles. The molecule has 11 heteroatoms. The molecule has 1 aliphatic carbocycles. The molecular formula is C24H44N4O7. The molecule has 11 nitrogen and oxygen atoms in total. The highest BCUT2D eigenvalue weighted by molar-refractivity contribution is 6.01. The van der Waals surface area contributed by atoms with E-state index in [2.05, 4.69) is 15.6 Å². The van der Waals surface area contributed by atoms with Crippen LogP contribution in [-0.4, -0.2) is 65.7 Å². The van der Waals surface area contributed by atoms with Crippen LogP contribution in [0.5, 0.6) is 0 Å². The average Bonchev–Trinajstić information content (AvgIpc) is 3.00. The molecular weight excluding hydrogens is 456 g/mol. The minimum absolute atomic E-state index is 0.0739. The van der Waals surface area contributed by atoms with Gasteiger partial charge < -0.3 is 25.1 Å². The van der Waals surface area contributed by atoms with Gasteiger partial charge in [0.1, 0.15) is 11.2 Å². The number of esters is 1. The first-order valence-corrected chi connectivity index (χ1v) is 12.1. The smallest absolute Gasteiger partial charge is 0.414 e. The van der Waals surface area contributed by atoms with Gasteiger partial charge >= 0.3 is 18.2 Å². The first kappa shape index (κ1) is 30.6. The van der Waals surface area contributed by atoms with E-state index >= 15 is 0 Å². The summed E-state index contributed by atoms with van der Waals surface area (Å²) >= 11 is 0. The van der Waals surface area contributed by atoms with Crippen molar-refractivity contribution in [1.82, 2.24) is 10.6 Å². The van der Waals surface area contributed by atoms with Crippen molar-refractivity contribution in [2.24, 2.45) is 28.5 Å². The fourth-order valence-corrected chi connectivity index (χ4v) is 4.27. The van der Waals surface area contributed by atoms with Crippen molar-refractivity contribution >= 4 is 24.1 Å². The SMILES string of the molecule is CCC(CC)C(N)C1C(N=C(NC(=O)OC(C)(C)C)NC(=O)OC(C)(C)C)CC(C(=O)OC)C1O. The predicted molar refractivity (Wildman–Crippen MR) is 132 cm³/mol. The molecule has 1 aliphatic rings. The number of carbonyl (C=O) groups is 3. The zero-order chi connectivity index (χ0) is 27.1. The Labute approximate surface area is 208 Å². The van der Waals surface area contributed by atoms with E-state index in [1.165, 1.54) is 7.11 Å². The second kappa shape index (κ2) is 12.5. The number of nitrogens with one attached hydrogen (secondary N) is 2. The van der Waals surface area contributed by atoms with Crippen LogP contribution in [0.4, 0.5) is 9.59 Å². The van der Waals surface area contributed by atoms with Gasteiger partial charge in [0, 0.05) is 12.0 Å². The van der Waals surface area contributed by atoms with Gasteiger partial charge in [0.15, 0.2) is 0 Å². The summed E-state index contributed by atoms with van der Waals surface area (Å²) in [6.07, 6.45) is -1.09. The van der Waals surface area contributed by atoms with E-state index in [4.69, 9.17) is 19.9 Å². The number of amides is 2. The third-order valence-electron chi connectivity index (χ3n) is 5.82. The van der Waals surface area contributed by atoms with Crippen molar-refractivity contribution < 1.29 is 33.7 Å². The predicted octanol–water partition coefficient (Wildman–Crippen LogP) is 2.69. The van der Waals surface area contributed by atoms with Crippen molar-refractivity contribution in [3.63, 3.8) is 0 Å². The molecule has 0 aromatic carbocycles. The summed E-state index contributed by atoms with van der Waals surface area (Å²) < 4.78 is 15.4. The summed E-state index contributed by atoms with van der Waals surface area (Å²) in [5, 5.41) is 15.9. The standard InChI is InChI=1S/C24H44N4O7/c1-10-13(11-2)17(25)16-15(12-14(18(16)29)19(30)33-9)26-20(27-21(31)34-23(3,4)5)28-22(32)35-24(6,7)8/h13-18,29H,10-12,25H2,1-9H3,(H2,26,27,28,31,32). The maximum absolute atomic E-state index is 12.5. The number of nitrogens with two attached hydrogens (primary N) is 1. The molecule has 0 bridgehead atoms. The van der Waals surface area contributed by atoms with Gasteiger partial charge in [-0.1, -0.05) is 26.7 Å². The van der Waals surface area contributed by atoms with Gasteiger partial charge in [-0.25, -0.2) is 14.6 Å². The van der Waals surface area contributed by atoms with Crippen LogP contribution in [-0.2, 0) is 19.0 Å². The lowest BCUT2D eigenvalue weighted by atomic mass is 9.81. The molecule has 0 heterocycles. The molecule has 202 valence electrons. The Bertz CT molecular complexity index is 737. The minimum atomic E-state index is -1.10. The second-order valence-corrected chi connectivity index (χ2v) is 10.9. The van der Waals surface area contributed by atoms with E-state index in [1.54, 1.807) is 41.5 Å². The van der Waals surface area contributed by atoms with Crippen LogP contribution in [0.3, 0.4) is 0 Å². The van der Waals surface area contributed by atoms with Crippen LogP contribution in [0.1, 0.15) is 74.7 Å². The number of rotatable bonds is 6. The molecule has 2 amide bonds. The van der Waals surface area contributed by atoms with Gasteiger partial charge in [0.25, 0.3) is 0 Å². The molecule has 5 N–H and O–H groups in total. The highest BCUT2D eigenvalue weighted by Crippen LogP contribution is 2.39. The van der Waals surface area contributed by atoms with Crippen molar-refractivity contribution in [1.29, 1.82) is 0 Å². The van der Waals surface area contributed by atoms with Gasteiger partial charge in [-0.05, 0) is 53.9 Å². The molecule has 1 rings (SSSR count). The maximum Gasteiger partial charge on any atom is 0.414 e. The third-order valence-corrected chi connectivity index (χ3v) is 5.82. The first-order valence-electron chi connectivity index (χ1n) is 12.1. The quantitative estimate of drug-likeness (QED) is 0.187. The van der Waals surface area contributed by atoms with E-state index < -0.39 is 59.4 Å². The minimum Gasteiger partial charge on any atom is -0.469 e. The van der Waals surface area contributed by atoms with Crippen molar-refractivity contribution in [3.05, 3.63) is 0 Å². The molecule has 1 saturated carbocycles. The van der Waals surface area contributed by atoms with Gasteiger partial charge in [-0.2, -0.15) is 0 Å². The van der Waals surface area contributed by atoms with Gasteiger partial charge in [0.2, 0.25) is 5.96 Å². The first-order chi connectivity index (χ1) is 16.0. The summed E-state index contributed by atoms with van der Waals surface area (Å²) in [6, 6.07) is -1.17. The van der Waals surface area contributed by atoms with Crippen LogP contribution in [0, 0.1) is 17.8 Å². The van der Waals surface area contributed by atoms with E-state index in [0.29, 0.717) is 0 Å². The Morgan fingerprint density at radius 1 is 1.00 bits per heavy atom. The summed E-state index contributed by atoms with van der Waals surface area (Å²) in [5.74, 6) is -2.18. The zero-order valence-electron chi connectivity index (χ0n) is 22.5. The van der Waals surface area contributed by atoms with Crippen LogP contribution in [0.15, 0.2) is 4.99 Å². The monoisotopic (exact) mass is 500 g/mol. The molecule has 35 heavy (non-hydrogen) atoms. The van der Waals surface area contributed by atoms with Crippen molar-refractivity contribution in [2.75, 3.05) is 7.11 Å². The number of alkyl carbamates (subject to hydrolysis) is 2. The van der Waals surface area contributed by atoms with Crippen LogP contribution in [0.2, 0.25) is 0 Å². The summed E-state index contributed by atoms with van der Waals surface area (Å²) in [6.45, 7) is 14.2. The molecule has 5 unspecified atom stereocenters. The lowest BCUT2D eigenvalue weighted by Crippen LogP contribution is -2.49. The van der Waals surface area contributed by atoms with Gasteiger partial charge in [-0.15, -0.1) is 0 Å². The molecule has 1 fully saturated rings. The van der Waals surface area contributed by atoms with E-state index in [9.17, 15) is 19.5 Å². The van der Waals surface area contributed by atoms with Crippen molar-refractivity contribution in [3.8, 4) is 0 Å². The molecule has 0 aliphatic heterocycles. The van der Waals surface area contributed by atoms with E-state index in [1.807, 2.05) is 13.8 Å². The third kappa shape index (κ3) is 9.64. The fourth-order valence-electron chi connectivity index (χ4n) is 4.27. The largest absolute Gasteiger partial charge is 0.469 e. The number of hydrogen-bond acceptors (Lipinski definition) is 9. The number of methoxy groups -OCH3 is 1. The Hall–Kier alpha value is -2.40. The van der Waals surface area contributed by atoms with Crippen LogP contribution >= 0.6 is 0 Å².